The molecule has 0 bridgehead atoms. The minimum Gasteiger partial charge on any atom is -0.373 e. The first kappa shape index (κ1) is 18.9. The number of benzene rings is 2. The van der Waals surface area contributed by atoms with Gasteiger partial charge in [0.1, 0.15) is 0 Å². The van der Waals surface area contributed by atoms with Crippen LogP contribution in [0.3, 0.4) is 0 Å². The average molecular weight is 509 g/mol. The molecule has 0 aliphatic heterocycles. The summed E-state index contributed by atoms with van der Waals surface area (Å²) in [5, 5.41) is 0. The van der Waals surface area contributed by atoms with E-state index in [0.717, 1.165) is 22.8 Å². The summed E-state index contributed by atoms with van der Waals surface area (Å²) in [6, 6.07) is 21.9. The molecule has 4 aromatic rings. The molecule has 0 unspecified atom stereocenters. The number of imidazole rings is 2. The number of aryl methyl sites for hydroxylation is 2. The van der Waals surface area contributed by atoms with Gasteiger partial charge in [-0.25, -0.2) is 0 Å². The Kier molecular flexibility index (Phi) is 6.90. The van der Waals surface area contributed by atoms with E-state index in [1.54, 1.807) is 12.4 Å². The van der Waals surface area contributed by atoms with Crippen molar-refractivity contribution in [1.29, 1.82) is 0 Å². The maximum Gasteiger partial charge on any atom is 2.00 e. The first-order valence-electron chi connectivity index (χ1n) is 7.64. The van der Waals surface area contributed by atoms with Gasteiger partial charge in [-0.1, -0.05) is 0 Å². The zero-order valence-corrected chi connectivity index (χ0v) is 16.3. The Morgan fingerprint density at radius 1 is 0.720 bits per heavy atom. The summed E-state index contributed by atoms with van der Waals surface area (Å²) in [6.45, 7) is 0. The third kappa shape index (κ3) is 4.77. The zero-order valence-electron chi connectivity index (χ0n) is 14.0. The van der Waals surface area contributed by atoms with Gasteiger partial charge in [-0.15, -0.1) is 71.8 Å². The molecule has 2 heterocycles. The predicted molar refractivity (Wildman–Crippen MR) is 95.0 cm³/mol. The Hall–Kier alpha value is -2.45. The van der Waals surface area contributed by atoms with Crippen molar-refractivity contribution in [3.8, 4) is 22.8 Å². The maximum absolute atomic E-state index is 4.22. The molecule has 128 valence electrons. The second-order valence-electron chi connectivity index (χ2n) is 5.28. The number of hydrogen-bond acceptors (Lipinski definition) is 2. The number of nitrogens with zero attached hydrogens (tertiary/aromatic N) is 4. The average Bonchev–Trinajstić information content (AvgIpc) is 3.25. The van der Waals surface area contributed by atoms with Crippen molar-refractivity contribution in [1.82, 2.24) is 19.1 Å². The van der Waals surface area contributed by atoms with Crippen molar-refractivity contribution in [2.45, 2.75) is 0 Å². The van der Waals surface area contributed by atoms with E-state index in [9.17, 15) is 0 Å². The first-order chi connectivity index (χ1) is 11.8. The molecular formula is C20H18N4Pt. The van der Waals surface area contributed by atoms with Gasteiger partial charge in [-0.05, 0) is 0 Å². The third-order valence-electron chi connectivity index (χ3n) is 3.54. The molecule has 0 fully saturated rings. The molecule has 4 rings (SSSR count). The van der Waals surface area contributed by atoms with Crippen molar-refractivity contribution >= 4 is 0 Å². The SMILES string of the molecule is Cn1ccnc1-c1[c-]cccc1.Cn1ccnc1-c1[c-]cccc1.[Pt+2]. The Labute approximate surface area is 162 Å². The second-order valence-corrected chi connectivity index (χ2v) is 5.28. The van der Waals surface area contributed by atoms with Crippen LogP contribution in [0.4, 0.5) is 0 Å². The Morgan fingerprint density at radius 3 is 1.44 bits per heavy atom. The van der Waals surface area contributed by atoms with Gasteiger partial charge in [-0.3, -0.25) is 9.97 Å². The van der Waals surface area contributed by atoms with Crippen LogP contribution < -0.4 is 0 Å². The fourth-order valence-corrected chi connectivity index (χ4v) is 2.32. The van der Waals surface area contributed by atoms with Crippen molar-refractivity contribution in [3.05, 3.63) is 85.5 Å². The Balaban J connectivity index is 0.000000173. The van der Waals surface area contributed by atoms with Crippen LogP contribution in [0.5, 0.6) is 0 Å². The topological polar surface area (TPSA) is 35.6 Å². The van der Waals surface area contributed by atoms with Crippen molar-refractivity contribution in [3.63, 3.8) is 0 Å². The van der Waals surface area contributed by atoms with Crippen LogP contribution >= 0.6 is 0 Å². The van der Waals surface area contributed by atoms with E-state index in [-0.39, 0.29) is 21.1 Å². The molecule has 2 aromatic heterocycles. The predicted octanol–water partition coefficient (Wildman–Crippen LogP) is 3.77. The molecule has 25 heavy (non-hydrogen) atoms. The van der Waals surface area contributed by atoms with Gasteiger partial charge in [0.25, 0.3) is 0 Å². The molecule has 0 spiro atoms. The Morgan fingerprint density at radius 2 is 1.16 bits per heavy atom. The van der Waals surface area contributed by atoms with Gasteiger partial charge in [0.2, 0.25) is 0 Å². The number of hydrogen-bond donors (Lipinski definition) is 0. The Bertz CT molecular complexity index is 806. The van der Waals surface area contributed by atoms with E-state index in [1.807, 2.05) is 84.2 Å². The monoisotopic (exact) mass is 509 g/mol. The summed E-state index contributed by atoms with van der Waals surface area (Å²) in [4.78, 5) is 8.44. The molecule has 4 nitrogen and oxygen atoms in total. The summed E-state index contributed by atoms with van der Waals surface area (Å²) in [5.74, 6) is 1.91. The van der Waals surface area contributed by atoms with E-state index in [0.29, 0.717) is 0 Å². The van der Waals surface area contributed by atoms with Crippen LogP contribution in [0.2, 0.25) is 0 Å². The van der Waals surface area contributed by atoms with E-state index in [2.05, 4.69) is 22.1 Å². The van der Waals surface area contributed by atoms with Crippen LogP contribution in [0.1, 0.15) is 0 Å². The standard InChI is InChI=1S/2C10H9N2.Pt/c2*1-12-8-7-11-10(12)9-5-3-2-4-6-9;/h2*2-5,7-8H,1H3;/q2*-1;+2. The largest absolute Gasteiger partial charge is 2.00 e. The summed E-state index contributed by atoms with van der Waals surface area (Å²) in [6.07, 6.45) is 7.43. The van der Waals surface area contributed by atoms with Crippen LogP contribution in [-0.2, 0) is 35.2 Å². The maximum atomic E-state index is 4.22. The van der Waals surface area contributed by atoms with Gasteiger partial charge >= 0.3 is 21.1 Å². The molecule has 0 N–H and O–H groups in total. The molecular weight excluding hydrogens is 491 g/mol. The zero-order chi connectivity index (χ0) is 16.8. The summed E-state index contributed by atoms with van der Waals surface area (Å²) in [5.41, 5.74) is 2.06. The molecule has 2 aromatic carbocycles. The molecule has 0 radical (unpaired) electrons. The van der Waals surface area contributed by atoms with Gasteiger partial charge in [0.15, 0.2) is 0 Å². The molecule has 0 saturated carbocycles. The fraction of sp³-hybridized carbons (Fsp3) is 0.100. The number of rotatable bonds is 2. The van der Waals surface area contributed by atoms with Gasteiger partial charge in [0.05, 0.1) is 11.6 Å². The minimum absolute atomic E-state index is 0. The molecule has 0 aliphatic rings. The quantitative estimate of drug-likeness (QED) is 0.386. The normalized spacial score (nSPS) is 9.68. The van der Waals surface area contributed by atoms with Crippen molar-refractivity contribution < 1.29 is 21.1 Å². The second kappa shape index (κ2) is 9.14. The van der Waals surface area contributed by atoms with Gasteiger partial charge in [-0.2, -0.15) is 0 Å². The van der Waals surface area contributed by atoms with Crippen molar-refractivity contribution in [2.24, 2.45) is 14.1 Å². The first-order valence-corrected chi connectivity index (χ1v) is 7.64. The van der Waals surface area contributed by atoms with Gasteiger partial charge < -0.3 is 9.13 Å². The molecule has 5 heteroatoms. The smallest absolute Gasteiger partial charge is 0.373 e. The van der Waals surface area contributed by atoms with Gasteiger partial charge in [0, 0.05) is 38.9 Å². The summed E-state index contributed by atoms with van der Waals surface area (Å²) in [7, 11) is 3.95. The van der Waals surface area contributed by atoms with E-state index < -0.39 is 0 Å². The fourth-order valence-electron chi connectivity index (χ4n) is 2.32. The van der Waals surface area contributed by atoms with E-state index >= 15 is 0 Å². The molecule has 0 amide bonds. The van der Waals surface area contributed by atoms with E-state index in [4.69, 9.17) is 0 Å². The third-order valence-corrected chi connectivity index (χ3v) is 3.54. The number of aromatic nitrogens is 4. The summed E-state index contributed by atoms with van der Waals surface area (Å²) >= 11 is 0. The minimum atomic E-state index is 0. The van der Waals surface area contributed by atoms with Crippen molar-refractivity contribution in [2.75, 3.05) is 0 Å². The molecule has 0 atom stereocenters. The van der Waals surface area contributed by atoms with Crippen LogP contribution in [0.25, 0.3) is 22.8 Å². The van der Waals surface area contributed by atoms with Crippen LogP contribution in [0.15, 0.2) is 73.3 Å². The van der Waals surface area contributed by atoms with E-state index in [1.165, 1.54) is 0 Å². The van der Waals surface area contributed by atoms with Crippen LogP contribution in [0, 0.1) is 12.1 Å². The molecule has 0 saturated heterocycles. The van der Waals surface area contributed by atoms with Crippen LogP contribution in [-0.4, -0.2) is 19.1 Å². The molecule has 0 aliphatic carbocycles. The summed E-state index contributed by atoms with van der Waals surface area (Å²) < 4.78 is 3.96.